The van der Waals surface area contributed by atoms with Crippen molar-refractivity contribution in [1.29, 1.82) is 0 Å². The molecule has 0 radical (unpaired) electrons. The average molecular weight is 925 g/mol. The van der Waals surface area contributed by atoms with E-state index in [1.54, 1.807) is 30.4 Å². The maximum absolute atomic E-state index is 14.2. The van der Waals surface area contributed by atoms with Gasteiger partial charge in [-0.2, -0.15) is 0 Å². The highest BCUT2D eigenvalue weighted by atomic mass is 79.9. The Kier molecular flexibility index (Phi) is 13.2. The summed E-state index contributed by atoms with van der Waals surface area (Å²) in [4.78, 5) is 77.2. The topological polar surface area (TPSA) is 218 Å². The molecule has 6 N–H and O–H groups in total. The molecule has 2 aromatic rings. The number of halogens is 1. The lowest BCUT2D eigenvalue weighted by atomic mass is 9.61. The number of hydrogen-bond acceptors (Lipinski definition) is 11. The molecule has 1 aliphatic heterocycles. The largest absolute Gasteiger partial charge is 0.481 e. The van der Waals surface area contributed by atoms with Crippen LogP contribution in [0.15, 0.2) is 54.1 Å². The van der Waals surface area contributed by atoms with E-state index in [-0.39, 0.29) is 54.7 Å². The van der Waals surface area contributed by atoms with Gasteiger partial charge in [0.1, 0.15) is 12.6 Å². The molecule has 14 nitrogen and oxygen atoms in total. The van der Waals surface area contributed by atoms with Crippen LogP contribution in [0.3, 0.4) is 0 Å². The maximum atomic E-state index is 14.2. The molecule has 3 saturated carbocycles. The SMILES string of the molecule is CCc1sc([C@@H]2O[C@@H]3C[C@H]4[C@@H]5CCC6=CC(=O)C=C[C@]6(C)[C@H](C5)[C@@H](O)C[C@]4(C)[C@]3(C(=O)CO)O2)cc1Cc1cccc(NC(=O)[C@H](CCC(=O)O)NC(=O)CNC(=O)CBr)c1. The number of nitrogens with one attached hydrogen (secondary N) is 3. The Labute approximate surface area is 367 Å². The van der Waals surface area contributed by atoms with E-state index >= 15 is 0 Å². The number of allylic oxidation sites excluding steroid dienone is 4. The van der Waals surface area contributed by atoms with Gasteiger partial charge in [-0.15, -0.1) is 11.3 Å². The summed E-state index contributed by atoms with van der Waals surface area (Å²) < 4.78 is 13.7. The lowest BCUT2D eigenvalue weighted by molar-refractivity contribution is -0.178. The summed E-state index contributed by atoms with van der Waals surface area (Å²) in [6.07, 6.45) is 6.77. The number of carbonyl (C=O) groups is 6. The number of benzene rings is 1. The van der Waals surface area contributed by atoms with Crippen molar-refractivity contribution in [3.05, 3.63) is 75.0 Å². The van der Waals surface area contributed by atoms with Crippen molar-refractivity contribution in [2.75, 3.05) is 23.8 Å². The van der Waals surface area contributed by atoms with Gasteiger partial charge in [0.2, 0.25) is 17.7 Å². The minimum Gasteiger partial charge on any atom is -0.481 e. The standard InChI is InChI=1S/C45H54BrN3O11S/c1-4-34-26(14-24-6-5-7-28(15-24)48-41(58)32(10-11-40(56)57)49-39(55)22-47-38(54)21-46)17-35(61-34)42-59-37-19-30-25-8-9-27-18-29(51)12-13-43(27,2)31(16-25)33(52)20-44(30,3)45(37,60-42)36(53)23-50/h5-7,12-13,15,17-18,25,30-33,37,42,50,52H,4,8-11,14,16,19-23H2,1-3H3,(H,47,54)(H,48,58)(H,49,55)(H,56,57)/t25-,30+,31-,32+,33+,37-,42-,43+,44+,45-/m1/s1. The number of alkyl halides is 1. The molecule has 5 aliphatic rings. The van der Waals surface area contributed by atoms with E-state index in [9.17, 15) is 44.1 Å². The number of ketones is 2. The number of anilines is 1. The molecule has 1 saturated heterocycles. The van der Waals surface area contributed by atoms with Gasteiger partial charge in [0.15, 0.2) is 23.5 Å². The van der Waals surface area contributed by atoms with E-state index in [4.69, 9.17) is 9.47 Å². The molecule has 1 aromatic carbocycles. The molecular weight excluding hydrogens is 870 g/mol. The van der Waals surface area contributed by atoms with Crippen LogP contribution in [-0.2, 0) is 51.1 Å². The second-order valence-electron chi connectivity index (χ2n) is 17.5. The molecule has 1 aromatic heterocycles. The third kappa shape index (κ3) is 8.55. The van der Waals surface area contributed by atoms with Crippen molar-refractivity contribution in [1.82, 2.24) is 10.6 Å². The number of amides is 3. The van der Waals surface area contributed by atoms with Gasteiger partial charge in [-0.3, -0.25) is 28.8 Å². The van der Waals surface area contributed by atoms with E-state index in [1.165, 1.54) is 11.3 Å². The summed E-state index contributed by atoms with van der Waals surface area (Å²) in [5.41, 5.74) is 0.571. The van der Waals surface area contributed by atoms with Crippen LogP contribution in [0, 0.1) is 28.6 Å². The minimum atomic E-state index is -1.48. The van der Waals surface area contributed by atoms with Gasteiger partial charge in [-0.1, -0.05) is 60.5 Å². The van der Waals surface area contributed by atoms with Gasteiger partial charge < -0.3 is 40.7 Å². The van der Waals surface area contributed by atoms with E-state index in [0.29, 0.717) is 24.9 Å². The first-order chi connectivity index (χ1) is 29.0. The Morgan fingerprint density at radius 2 is 1.87 bits per heavy atom. The Hall–Kier alpha value is -4.06. The van der Waals surface area contributed by atoms with Gasteiger partial charge in [-0.25, -0.2) is 0 Å². The number of fused-ring (bicyclic) bond motifs is 8. The zero-order valence-corrected chi connectivity index (χ0v) is 36.9. The Balaban J connectivity index is 1.09. The van der Waals surface area contributed by atoms with E-state index in [0.717, 1.165) is 45.7 Å². The Morgan fingerprint density at radius 1 is 1.08 bits per heavy atom. The lowest BCUT2D eigenvalue weighted by Gasteiger charge is -2.46. The molecule has 0 unspecified atom stereocenters. The molecule has 10 atom stereocenters. The van der Waals surface area contributed by atoms with Crippen LogP contribution in [0.4, 0.5) is 5.69 Å². The van der Waals surface area contributed by atoms with E-state index < -0.39 is 77.1 Å². The molecule has 3 amide bonds. The molecule has 7 rings (SSSR count). The molecule has 328 valence electrons. The van der Waals surface area contributed by atoms with E-state index in [2.05, 4.69) is 38.8 Å². The van der Waals surface area contributed by atoms with Crippen molar-refractivity contribution in [3.8, 4) is 0 Å². The Bertz CT molecular complexity index is 2160. The van der Waals surface area contributed by atoms with Gasteiger partial charge in [0, 0.05) is 27.8 Å². The summed E-state index contributed by atoms with van der Waals surface area (Å²) in [5.74, 6) is -3.30. The van der Waals surface area contributed by atoms with Crippen molar-refractivity contribution in [2.24, 2.45) is 28.6 Å². The first-order valence-corrected chi connectivity index (χ1v) is 22.9. The van der Waals surface area contributed by atoms with Crippen molar-refractivity contribution in [3.63, 3.8) is 0 Å². The van der Waals surface area contributed by atoms with Gasteiger partial charge in [0.05, 0.1) is 29.0 Å². The molecule has 2 bridgehead atoms. The van der Waals surface area contributed by atoms with Crippen LogP contribution in [0.5, 0.6) is 0 Å². The van der Waals surface area contributed by atoms with Crippen molar-refractivity contribution < 1.29 is 53.6 Å². The molecule has 61 heavy (non-hydrogen) atoms. The average Bonchev–Trinajstić information content (AvgIpc) is 3.83. The normalized spacial score (nSPS) is 31.7. The second kappa shape index (κ2) is 18.0. The number of rotatable bonds is 15. The first kappa shape index (κ1) is 45.0. The zero-order valence-electron chi connectivity index (χ0n) is 34.5. The van der Waals surface area contributed by atoms with Crippen molar-refractivity contribution in [2.45, 2.75) is 109 Å². The zero-order chi connectivity index (χ0) is 43.9. The van der Waals surface area contributed by atoms with Crippen LogP contribution >= 0.6 is 27.3 Å². The summed E-state index contributed by atoms with van der Waals surface area (Å²) in [7, 11) is 0. The number of carboxylic acid groups (broad SMARTS) is 1. The van der Waals surface area contributed by atoms with Gasteiger partial charge in [-0.05, 0) is 111 Å². The van der Waals surface area contributed by atoms with Crippen LogP contribution < -0.4 is 16.0 Å². The fourth-order valence-corrected chi connectivity index (χ4v) is 12.4. The fraction of sp³-hybridized carbons (Fsp3) is 0.556. The highest BCUT2D eigenvalue weighted by Crippen LogP contribution is 2.68. The second-order valence-corrected chi connectivity index (χ2v) is 19.3. The summed E-state index contributed by atoms with van der Waals surface area (Å²) in [6.45, 7) is 5.09. The first-order valence-electron chi connectivity index (χ1n) is 21.0. The lowest BCUT2D eigenvalue weighted by Crippen LogP contribution is -2.58. The quantitative estimate of drug-likeness (QED) is 0.135. The number of ether oxygens (including phenoxy) is 2. The summed E-state index contributed by atoms with van der Waals surface area (Å²) >= 11 is 4.54. The van der Waals surface area contributed by atoms with E-state index in [1.807, 2.05) is 32.1 Å². The van der Waals surface area contributed by atoms with Crippen LogP contribution in [0.2, 0.25) is 0 Å². The predicted octanol–water partition coefficient (Wildman–Crippen LogP) is 4.69. The van der Waals surface area contributed by atoms with Gasteiger partial charge >= 0.3 is 5.97 Å². The highest BCUT2D eigenvalue weighted by Gasteiger charge is 2.74. The maximum Gasteiger partial charge on any atom is 0.303 e. The number of thiophene rings is 1. The number of aliphatic hydroxyl groups excluding tert-OH is 2. The molecule has 0 spiro atoms. The third-order valence-corrected chi connectivity index (χ3v) is 15.9. The molecular formula is C45H54BrN3O11S. The minimum absolute atomic E-state index is 0.00298. The van der Waals surface area contributed by atoms with Gasteiger partial charge in [0.25, 0.3) is 0 Å². The molecule has 16 heteroatoms. The number of aliphatic hydroxyl groups is 2. The Morgan fingerprint density at radius 3 is 2.59 bits per heavy atom. The predicted molar refractivity (Wildman–Crippen MR) is 229 cm³/mol. The third-order valence-electron chi connectivity index (χ3n) is 14.0. The molecule has 2 heterocycles. The summed E-state index contributed by atoms with van der Waals surface area (Å²) in [5, 5.41) is 39.6. The number of aryl methyl sites for hydroxylation is 1. The monoisotopic (exact) mass is 923 g/mol. The number of aliphatic carboxylic acids is 1. The van der Waals surface area contributed by atoms with Crippen molar-refractivity contribution >= 4 is 68.2 Å². The molecule has 4 fully saturated rings. The van der Waals surface area contributed by atoms with Crippen LogP contribution in [0.1, 0.15) is 92.9 Å². The smallest absolute Gasteiger partial charge is 0.303 e. The summed E-state index contributed by atoms with van der Waals surface area (Å²) in [6, 6.07) is 8.06. The van der Waals surface area contributed by atoms with Crippen LogP contribution in [-0.4, -0.2) is 92.9 Å². The number of hydrogen-bond donors (Lipinski definition) is 6. The highest BCUT2D eigenvalue weighted by molar-refractivity contribution is 9.09. The molecule has 4 aliphatic carbocycles. The number of Topliss-reactive ketones (excluding diaryl/α,β-unsaturated/α-hetero) is 1. The number of carboxylic acids is 1. The van der Waals surface area contributed by atoms with Crippen LogP contribution in [0.25, 0.3) is 0 Å². The fourth-order valence-electron chi connectivity index (χ4n) is 11.1. The number of carbonyl (C=O) groups excluding carboxylic acids is 5.